The van der Waals surface area contributed by atoms with E-state index in [1.54, 1.807) is 7.11 Å². The molecule has 4 aromatic carbocycles. The fraction of sp³-hybridized carbons (Fsp3) is 0.0952. The molecule has 0 amide bonds. The van der Waals surface area contributed by atoms with Crippen LogP contribution < -0.4 is 4.74 Å². The van der Waals surface area contributed by atoms with Crippen LogP contribution in [0.3, 0.4) is 0 Å². The van der Waals surface area contributed by atoms with Crippen LogP contribution in [0.5, 0.6) is 5.75 Å². The zero-order chi connectivity index (χ0) is 16.7. The predicted molar refractivity (Wildman–Crippen MR) is 96.9 cm³/mol. The van der Waals surface area contributed by atoms with Gasteiger partial charge in [0.15, 0.2) is 0 Å². The van der Waals surface area contributed by atoms with Crippen LogP contribution in [0, 0.1) is 0 Å². The lowest BCUT2D eigenvalue weighted by Crippen LogP contribution is -2.03. The second kappa shape index (κ2) is 5.53. The number of hydrogen-bond donors (Lipinski definition) is 0. The van der Waals surface area contributed by atoms with Crippen molar-refractivity contribution in [1.82, 2.24) is 0 Å². The van der Waals surface area contributed by atoms with E-state index in [4.69, 9.17) is 9.47 Å². The fourth-order valence-electron chi connectivity index (χ4n) is 3.40. The summed E-state index contributed by atoms with van der Waals surface area (Å²) in [5.41, 5.74) is 0.574. The summed E-state index contributed by atoms with van der Waals surface area (Å²) in [5, 5.41) is 5.97. The average Bonchev–Trinajstić information content (AvgIpc) is 2.65. The van der Waals surface area contributed by atoms with E-state index in [2.05, 4.69) is 12.1 Å². The molecule has 0 aliphatic carbocycles. The molecular formula is C21H16O3. The molecule has 0 unspecified atom stereocenters. The van der Waals surface area contributed by atoms with Gasteiger partial charge in [0.2, 0.25) is 0 Å². The number of benzene rings is 4. The topological polar surface area (TPSA) is 35.5 Å². The first kappa shape index (κ1) is 14.5. The van der Waals surface area contributed by atoms with Crippen molar-refractivity contribution in [3.63, 3.8) is 0 Å². The molecule has 0 spiro atoms. The summed E-state index contributed by atoms with van der Waals surface area (Å²) in [7, 11) is 3.07. The smallest absolute Gasteiger partial charge is 0.338 e. The van der Waals surface area contributed by atoms with Gasteiger partial charge < -0.3 is 9.47 Å². The first-order chi connectivity index (χ1) is 11.7. The number of ether oxygens (including phenoxy) is 2. The van der Waals surface area contributed by atoms with Gasteiger partial charge in [0.05, 0.1) is 19.8 Å². The molecule has 0 saturated heterocycles. The van der Waals surface area contributed by atoms with Crippen molar-refractivity contribution in [1.29, 1.82) is 0 Å². The third-order valence-corrected chi connectivity index (χ3v) is 4.45. The van der Waals surface area contributed by atoms with Crippen molar-refractivity contribution in [2.75, 3.05) is 14.2 Å². The number of fused-ring (bicyclic) bond motifs is 5. The third-order valence-electron chi connectivity index (χ3n) is 4.45. The fourth-order valence-corrected chi connectivity index (χ4v) is 3.40. The maximum atomic E-state index is 12.4. The Bertz CT molecular complexity index is 1100. The van der Waals surface area contributed by atoms with Gasteiger partial charge in [-0.2, -0.15) is 0 Å². The summed E-state index contributed by atoms with van der Waals surface area (Å²) in [6, 6.07) is 19.9. The molecule has 3 heteroatoms. The Labute approximate surface area is 139 Å². The van der Waals surface area contributed by atoms with E-state index in [0.29, 0.717) is 5.56 Å². The molecule has 4 rings (SSSR count). The summed E-state index contributed by atoms with van der Waals surface area (Å²) in [5.74, 6) is 0.463. The van der Waals surface area contributed by atoms with E-state index in [1.807, 2.05) is 48.5 Å². The van der Waals surface area contributed by atoms with Crippen LogP contribution in [0.1, 0.15) is 10.4 Å². The maximum Gasteiger partial charge on any atom is 0.338 e. The molecule has 0 aliphatic heterocycles. The van der Waals surface area contributed by atoms with Gasteiger partial charge in [-0.05, 0) is 33.7 Å². The largest absolute Gasteiger partial charge is 0.496 e. The van der Waals surface area contributed by atoms with E-state index >= 15 is 0 Å². The van der Waals surface area contributed by atoms with E-state index < -0.39 is 0 Å². The molecule has 0 radical (unpaired) electrons. The van der Waals surface area contributed by atoms with Gasteiger partial charge in [0.25, 0.3) is 0 Å². The number of carbonyl (C=O) groups excluding carboxylic acids is 1. The molecule has 3 nitrogen and oxygen atoms in total. The van der Waals surface area contributed by atoms with E-state index in [1.165, 1.54) is 7.11 Å². The highest BCUT2D eigenvalue weighted by Gasteiger charge is 2.17. The van der Waals surface area contributed by atoms with Gasteiger partial charge in [0.1, 0.15) is 5.75 Å². The van der Waals surface area contributed by atoms with Gasteiger partial charge in [-0.15, -0.1) is 0 Å². The minimum Gasteiger partial charge on any atom is -0.496 e. The zero-order valence-corrected chi connectivity index (χ0v) is 13.5. The lowest BCUT2D eigenvalue weighted by Gasteiger charge is -2.14. The van der Waals surface area contributed by atoms with Crippen LogP contribution in [0.4, 0.5) is 0 Å². The lowest BCUT2D eigenvalue weighted by atomic mass is 9.92. The second-order valence-corrected chi connectivity index (χ2v) is 5.68. The summed E-state index contributed by atoms with van der Waals surface area (Å²) >= 11 is 0. The van der Waals surface area contributed by atoms with Crippen LogP contribution in [0.2, 0.25) is 0 Å². The molecule has 0 N–H and O–H groups in total. The zero-order valence-electron chi connectivity index (χ0n) is 13.5. The van der Waals surface area contributed by atoms with Gasteiger partial charge in [-0.3, -0.25) is 0 Å². The van der Waals surface area contributed by atoms with Crippen molar-refractivity contribution in [2.24, 2.45) is 0 Å². The Morgan fingerprint density at radius 3 is 2.38 bits per heavy atom. The second-order valence-electron chi connectivity index (χ2n) is 5.68. The third kappa shape index (κ3) is 2.02. The molecule has 0 heterocycles. The minimum atomic E-state index is -0.332. The van der Waals surface area contributed by atoms with Gasteiger partial charge in [-0.25, -0.2) is 4.79 Å². The van der Waals surface area contributed by atoms with Crippen molar-refractivity contribution < 1.29 is 14.3 Å². The summed E-state index contributed by atoms with van der Waals surface area (Å²) in [4.78, 5) is 12.4. The summed E-state index contributed by atoms with van der Waals surface area (Å²) in [6.45, 7) is 0. The van der Waals surface area contributed by atoms with Gasteiger partial charge >= 0.3 is 5.97 Å². The Kier molecular flexibility index (Phi) is 3.35. The van der Waals surface area contributed by atoms with Crippen molar-refractivity contribution >= 4 is 38.3 Å². The van der Waals surface area contributed by atoms with Crippen LogP contribution in [0.25, 0.3) is 32.3 Å². The highest BCUT2D eigenvalue weighted by molar-refractivity contribution is 6.25. The number of rotatable bonds is 2. The Balaban J connectivity index is 2.31. The maximum absolute atomic E-state index is 12.4. The molecule has 0 aromatic heterocycles. The van der Waals surface area contributed by atoms with Crippen molar-refractivity contribution in [3.8, 4) is 5.75 Å². The number of carbonyl (C=O) groups is 1. The predicted octanol–water partition coefficient (Wildman–Crippen LogP) is 4.94. The average molecular weight is 316 g/mol. The van der Waals surface area contributed by atoms with Crippen LogP contribution in [-0.4, -0.2) is 20.2 Å². The minimum absolute atomic E-state index is 0.332. The van der Waals surface area contributed by atoms with Gasteiger partial charge in [0, 0.05) is 10.8 Å². The molecule has 0 atom stereocenters. The highest BCUT2D eigenvalue weighted by atomic mass is 16.5. The SMILES string of the molecule is COC(=O)c1cc2cccc(OC)c2c2ccc3ccccc3c12. The first-order valence-electron chi connectivity index (χ1n) is 7.74. The molecule has 118 valence electrons. The number of hydrogen-bond acceptors (Lipinski definition) is 3. The van der Waals surface area contributed by atoms with E-state index in [9.17, 15) is 4.79 Å². The molecule has 24 heavy (non-hydrogen) atoms. The van der Waals surface area contributed by atoms with E-state index in [-0.39, 0.29) is 5.97 Å². The summed E-state index contributed by atoms with van der Waals surface area (Å²) < 4.78 is 10.6. The molecule has 4 aromatic rings. The van der Waals surface area contributed by atoms with E-state index in [0.717, 1.165) is 38.1 Å². The molecular weight excluding hydrogens is 300 g/mol. The van der Waals surface area contributed by atoms with Crippen molar-refractivity contribution in [2.45, 2.75) is 0 Å². The highest BCUT2D eigenvalue weighted by Crippen LogP contribution is 2.38. The van der Waals surface area contributed by atoms with Crippen LogP contribution in [0.15, 0.2) is 60.7 Å². The Morgan fingerprint density at radius 2 is 1.58 bits per heavy atom. The monoisotopic (exact) mass is 316 g/mol. The number of methoxy groups -OCH3 is 2. The molecule has 0 aliphatic rings. The Morgan fingerprint density at radius 1 is 0.792 bits per heavy atom. The quantitative estimate of drug-likeness (QED) is 0.388. The standard InChI is InChI=1S/C21H16O3/c1-23-18-9-5-7-14-12-17(21(22)24-2)20-15-8-4-3-6-13(15)10-11-16(20)19(14)18/h3-12H,1-2H3. The van der Waals surface area contributed by atoms with Crippen LogP contribution >= 0.6 is 0 Å². The van der Waals surface area contributed by atoms with Gasteiger partial charge in [-0.1, -0.05) is 48.5 Å². The van der Waals surface area contributed by atoms with Crippen molar-refractivity contribution in [3.05, 3.63) is 66.2 Å². The normalized spacial score (nSPS) is 11.1. The summed E-state index contributed by atoms with van der Waals surface area (Å²) in [6.07, 6.45) is 0. The molecule has 0 saturated carbocycles. The molecule has 0 fully saturated rings. The Hall–Kier alpha value is -3.07. The molecule has 0 bridgehead atoms. The number of esters is 1. The van der Waals surface area contributed by atoms with Crippen LogP contribution in [-0.2, 0) is 4.74 Å². The lowest BCUT2D eigenvalue weighted by molar-refractivity contribution is 0.0603. The first-order valence-corrected chi connectivity index (χ1v) is 7.74.